The number of nitrogens with zero attached hydrogens (tertiary/aromatic N) is 2. The van der Waals surface area contributed by atoms with Gasteiger partial charge in [-0.15, -0.1) is 0 Å². The number of aromatic nitrogens is 2. The van der Waals surface area contributed by atoms with E-state index in [1.165, 1.54) is 0 Å². The number of anilines is 1. The molecule has 0 aliphatic heterocycles. The molecule has 0 saturated heterocycles. The van der Waals surface area contributed by atoms with Gasteiger partial charge in [0.05, 0.1) is 11.1 Å². The standard InChI is InChI=1S/C23H19N3O4/c1-2-18(21(27)26-20-13-7-8-14-24-20)30-23(28)16-10-4-3-9-15(16)22-25-17-11-5-6-12-19(17)29-22/h3-14,18H,2H2,1H3,(H,24,26,27). The van der Waals surface area contributed by atoms with Crippen LogP contribution >= 0.6 is 0 Å². The topological polar surface area (TPSA) is 94.3 Å². The Balaban J connectivity index is 1.56. The summed E-state index contributed by atoms with van der Waals surface area (Å²) >= 11 is 0. The van der Waals surface area contributed by atoms with Gasteiger partial charge in [0.25, 0.3) is 5.91 Å². The lowest BCUT2D eigenvalue weighted by molar-refractivity contribution is -0.124. The largest absolute Gasteiger partial charge is 0.449 e. The van der Waals surface area contributed by atoms with Crippen molar-refractivity contribution in [2.45, 2.75) is 19.4 Å². The normalized spacial score (nSPS) is 11.8. The molecule has 1 amide bonds. The molecular formula is C23H19N3O4. The number of nitrogens with one attached hydrogen (secondary N) is 1. The van der Waals surface area contributed by atoms with Crippen LogP contribution < -0.4 is 5.32 Å². The minimum Gasteiger partial charge on any atom is -0.449 e. The van der Waals surface area contributed by atoms with Crippen LogP contribution in [0.4, 0.5) is 5.82 Å². The highest BCUT2D eigenvalue weighted by atomic mass is 16.5. The van der Waals surface area contributed by atoms with Gasteiger partial charge < -0.3 is 14.5 Å². The summed E-state index contributed by atoms with van der Waals surface area (Å²) in [4.78, 5) is 33.9. The molecule has 0 radical (unpaired) electrons. The fourth-order valence-electron chi connectivity index (χ4n) is 2.99. The molecule has 4 aromatic rings. The van der Waals surface area contributed by atoms with Crippen molar-refractivity contribution >= 4 is 28.8 Å². The van der Waals surface area contributed by atoms with Crippen LogP contribution in [0.25, 0.3) is 22.6 Å². The van der Waals surface area contributed by atoms with Gasteiger partial charge in [-0.3, -0.25) is 4.79 Å². The number of ether oxygens (including phenoxy) is 1. The Bertz CT molecular complexity index is 1150. The summed E-state index contributed by atoms with van der Waals surface area (Å²) in [5.41, 5.74) is 2.08. The van der Waals surface area contributed by atoms with Crippen molar-refractivity contribution < 1.29 is 18.7 Å². The van der Waals surface area contributed by atoms with Crippen LogP contribution in [0.15, 0.2) is 77.3 Å². The van der Waals surface area contributed by atoms with Crippen molar-refractivity contribution in [2.24, 2.45) is 0 Å². The van der Waals surface area contributed by atoms with Crippen LogP contribution in [0.3, 0.4) is 0 Å². The number of hydrogen-bond acceptors (Lipinski definition) is 6. The number of esters is 1. The molecule has 150 valence electrons. The smallest absolute Gasteiger partial charge is 0.339 e. The van der Waals surface area contributed by atoms with E-state index in [9.17, 15) is 9.59 Å². The van der Waals surface area contributed by atoms with Gasteiger partial charge in [-0.05, 0) is 42.8 Å². The van der Waals surface area contributed by atoms with E-state index < -0.39 is 18.0 Å². The minimum absolute atomic E-state index is 0.271. The SMILES string of the molecule is CCC(OC(=O)c1ccccc1-c1nc2ccccc2o1)C(=O)Nc1ccccn1. The molecule has 7 nitrogen and oxygen atoms in total. The van der Waals surface area contributed by atoms with Gasteiger partial charge in [-0.2, -0.15) is 0 Å². The maximum atomic E-state index is 12.9. The Morgan fingerprint density at radius 3 is 2.57 bits per heavy atom. The molecule has 0 saturated carbocycles. The third-order valence-electron chi connectivity index (χ3n) is 4.50. The molecule has 0 aliphatic carbocycles. The second kappa shape index (κ2) is 8.57. The number of amides is 1. The van der Waals surface area contributed by atoms with Gasteiger partial charge in [0.2, 0.25) is 5.89 Å². The van der Waals surface area contributed by atoms with E-state index in [2.05, 4.69) is 15.3 Å². The van der Waals surface area contributed by atoms with Crippen molar-refractivity contribution in [3.8, 4) is 11.5 Å². The van der Waals surface area contributed by atoms with E-state index in [0.717, 1.165) is 0 Å². The van der Waals surface area contributed by atoms with Crippen molar-refractivity contribution in [1.82, 2.24) is 9.97 Å². The molecule has 1 unspecified atom stereocenters. The zero-order chi connectivity index (χ0) is 20.9. The van der Waals surface area contributed by atoms with Gasteiger partial charge >= 0.3 is 5.97 Å². The second-order valence-corrected chi connectivity index (χ2v) is 6.54. The van der Waals surface area contributed by atoms with Gasteiger partial charge in [0, 0.05) is 6.20 Å². The number of para-hydroxylation sites is 2. The predicted octanol–water partition coefficient (Wildman–Crippen LogP) is 4.46. The van der Waals surface area contributed by atoms with Crippen LogP contribution in [0.5, 0.6) is 0 Å². The molecule has 2 heterocycles. The predicted molar refractivity (Wildman–Crippen MR) is 112 cm³/mol. The van der Waals surface area contributed by atoms with E-state index in [0.29, 0.717) is 34.8 Å². The van der Waals surface area contributed by atoms with Gasteiger partial charge in [0.15, 0.2) is 11.7 Å². The second-order valence-electron chi connectivity index (χ2n) is 6.54. The summed E-state index contributed by atoms with van der Waals surface area (Å²) in [6.45, 7) is 1.77. The van der Waals surface area contributed by atoms with Crippen LogP contribution in [0, 0.1) is 0 Å². The van der Waals surface area contributed by atoms with E-state index in [-0.39, 0.29) is 5.56 Å². The Labute approximate surface area is 172 Å². The Hall–Kier alpha value is -4.00. The lowest BCUT2D eigenvalue weighted by atomic mass is 10.1. The molecule has 0 aliphatic rings. The Morgan fingerprint density at radius 2 is 1.80 bits per heavy atom. The van der Waals surface area contributed by atoms with Crippen LogP contribution in [0.2, 0.25) is 0 Å². The zero-order valence-corrected chi connectivity index (χ0v) is 16.2. The first-order chi connectivity index (χ1) is 14.7. The van der Waals surface area contributed by atoms with E-state index >= 15 is 0 Å². The highest BCUT2D eigenvalue weighted by molar-refractivity contribution is 6.00. The number of benzene rings is 2. The molecular weight excluding hydrogens is 382 g/mol. The molecule has 2 aromatic heterocycles. The molecule has 0 fully saturated rings. The number of oxazole rings is 1. The molecule has 2 aromatic carbocycles. The van der Waals surface area contributed by atoms with Crippen molar-refractivity contribution in [2.75, 3.05) is 5.32 Å². The fraction of sp³-hybridized carbons (Fsp3) is 0.130. The van der Waals surface area contributed by atoms with Crippen molar-refractivity contribution in [3.63, 3.8) is 0 Å². The van der Waals surface area contributed by atoms with E-state index in [1.54, 1.807) is 55.6 Å². The first-order valence-electron chi connectivity index (χ1n) is 9.53. The fourth-order valence-corrected chi connectivity index (χ4v) is 2.99. The molecule has 0 spiro atoms. The third kappa shape index (κ3) is 4.05. The Morgan fingerprint density at radius 1 is 1.03 bits per heavy atom. The lowest BCUT2D eigenvalue weighted by Gasteiger charge is -2.16. The molecule has 0 bridgehead atoms. The average molecular weight is 401 g/mol. The van der Waals surface area contributed by atoms with Crippen LogP contribution in [-0.2, 0) is 9.53 Å². The molecule has 1 N–H and O–H groups in total. The summed E-state index contributed by atoms with van der Waals surface area (Å²) < 4.78 is 11.3. The van der Waals surface area contributed by atoms with Crippen LogP contribution in [0.1, 0.15) is 23.7 Å². The third-order valence-corrected chi connectivity index (χ3v) is 4.50. The zero-order valence-electron chi connectivity index (χ0n) is 16.2. The maximum absolute atomic E-state index is 12.9. The summed E-state index contributed by atoms with van der Waals surface area (Å²) in [6, 6.07) is 19.4. The summed E-state index contributed by atoms with van der Waals surface area (Å²) in [5.74, 6) is -0.363. The number of hydrogen-bond donors (Lipinski definition) is 1. The highest BCUT2D eigenvalue weighted by Gasteiger charge is 2.25. The molecule has 1 atom stereocenters. The lowest BCUT2D eigenvalue weighted by Crippen LogP contribution is -2.32. The number of rotatable bonds is 6. The average Bonchev–Trinajstić information content (AvgIpc) is 3.22. The van der Waals surface area contributed by atoms with Gasteiger partial charge in [0.1, 0.15) is 11.3 Å². The summed E-state index contributed by atoms with van der Waals surface area (Å²) in [7, 11) is 0. The maximum Gasteiger partial charge on any atom is 0.339 e. The number of carbonyl (C=O) groups is 2. The monoisotopic (exact) mass is 401 g/mol. The Kier molecular flexibility index (Phi) is 5.52. The van der Waals surface area contributed by atoms with Crippen molar-refractivity contribution in [3.05, 3.63) is 78.5 Å². The molecule has 7 heteroatoms. The highest BCUT2D eigenvalue weighted by Crippen LogP contribution is 2.27. The van der Waals surface area contributed by atoms with Crippen molar-refractivity contribution in [1.29, 1.82) is 0 Å². The van der Waals surface area contributed by atoms with Gasteiger partial charge in [-0.25, -0.2) is 14.8 Å². The minimum atomic E-state index is -0.962. The molecule has 4 rings (SSSR count). The quantitative estimate of drug-likeness (QED) is 0.479. The number of carbonyl (C=O) groups excluding carboxylic acids is 2. The number of pyridine rings is 1. The summed E-state index contributed by atoms with van der Waals surface area (Å²) in [5, 5.41) is 2.66. The van der Waals surface area contributed by atoms with Gasteiger partial charge in [-0.1, -0.05) is 37.3 Å². The first-order valence-corrected chi connectivity index (χ1v) is 9.53. The van der Waals surface area contributed by atoms with E-state index in [1.807, 2.05) is 24.3 Å². The number of fused-ring (bicyclic) bond motifs is 1. The molecule has 30 heavy (non-hydrogen) atoms. The van der Waals surface area contributed by atoms with E-state index in [4.69, 9.17) is 9.15 Å². The summed E-state index contributed by atoms with van der Waals surface area (Å²) in [6.07, 6.45) is 0.922. The van der Waals surface area contributed by atoms with Crippen LogP contribution in [-0.4, -0.2) is 27.9 Å². The first kappa shape index (κ1) is 19.3.